The van der Waals surface area contributed by atoms with Crippen LogP contribution in [-0.4, -0.2) is 29.7 Å². The Hall–Kier alpha value is -1.74. The smallest absolute Gasteiger partial charge is 0.241 e. The van der Waals surface area contributed by atoms with E-state index < -0.39 is 52.8 Å². The molecule has 0 aliphatic carbocycles. The molecule has 3 N–H and O–H groups in total. The second kappa shape index (κ2) is 5.33. The summed E-state index contributed by atoms with van der Waals surface area (Å²) in [7, 11) is 0. The van der Waals surface area contributed by atoms with E-state index in [0.29, 0.717) is 0 Å². The number of aliphatic hydroxyl groups is 1. The molecule has 1 aliphatic rings. The molecule has 1 amide bonds. The molecule has 2 rings (SSSR count). The van der Waals surface area contributed by atoms with Gasteiger partial charge >= 0.3 is 0 Å². The van der Waals surface area contributed by atoms with Crippen molar-refractivity contribution in [3.05, 3.63) is 29.1 Å². The molecule has 1 aromatic carbocycles. The number of rotatable bonds is 2. The van der Waals surface area contributed by atoms with Crippen LogP contribution in [0.2, 0.25) is 0 Å². The van der Waals surface area contributed by atoms with E-state index in [-0.39, 0.29) is 13.0 Å². The van der Waals surface area contributed by atoms with Crippen LogP contribution in [0.5, 0.6) is 0 Å². The van der Waals surface area contributed by atoms with Crippen LogP contribution in [-0.2, 0) is 4.79 Å². The van der Waals surface area contributed by atoms with Crippen LogP contribution in [0.1, 0.15) is 6.42 Å². The quantitative estimate of drug-likeness (QED) is 0.434. The van der Waals surface area contributed by atoms with Gasteiger partial charge in [0.25, 0.3) is 0 Å². The Labute approximate surface area is 109 Å². The molecule has 1 aromatic rings. The van der Waals surface area contributed by atoms with Crippen molar-refractivity contribution in [3.8, 4) is 0 Å². The zero-order chi connectivity index (χ0) is 15.0. The summed E-state index contributed by atoms with van der Waals surface area (Å²) in [5, 5.41) is 13.4. The Bertz CT molecular complexity index is 537. The Morgan fingerprint density at radius 2 is 1.55 bits per heavy atom. The van der Waals surface area contributed by atoms with Crippen LogP contribution in [0.25, 0.3) is 0 Å². The summed E-state index contributed by atoms with van der Waals surface area (Å²) < 4.78 is 65.3. The standard InChI is InChI=1S/C11H9F5N2O2/c12-5-6(13)8(15)10(9(16)7(5)14)18-11(20)4-1-3(19)2-17-4/h3-4,17,19H,1-2H2,(H,18,20)/t3-,4+/m1/s1. The van der Waals surface area contributed by atoms with E-state index in [0.717, 1.165) is 0 Å². The lowest BCUT2D eigenvalue weighted by Gasteiger charge is -2.13. The molecule has 4 nitrogen and oxygen atoms in total. The van der Waals surface area contributed by atoms with Crippen LogP contribution < -0.4 is 10.6 Å². The fourth-order valence-electron chi connectivity index (χ4n) is 1.84. The number of aliphatic hydroxyl groups excluding tert-OH is 1. The number of carbonyl (C=O) groups is 1. The third-order valence-corrected chi connectivity index (χ3v) is 2.88. The predicted octanol–water partition coefficient (Wildman–Crippen LogP) is 1.04. The summed E-state index contributed by atoms with van der Waals surface area (Å²) >= 11 is 0. The van der Waals surface area contributed by atoms with Crippen LogP contribution in [0.15, 0.2) is 0 Å². The molecule has 0 saturated carbocycles. The fourth-order valence-corrected chi connectivity index (χ4v) is 1.84. The molecule has 20 heavy (non-hydrogen) atoms. The number of nitrogens with one attached hydrogen (secondary N) is 2. The minimum Gasteiger partial charge on any atom is -0.392 e. The van der Waals surface area contributed by atoms with Gasteiger partial charge < -0.3 is 15.7 Å². The molecular weight excluding hydrogens is 287 g/mol. The van der Waals surface area contributed by atoms with Crippen LogP contribution >= 0.6 is 0 Å². The van der Waals surface area contributed by atoms with Crippen molar-refractivity contribution in [3.63, 3.8) is 0 Å². The third-order valence-electron chi connectivity index (χ3n) is 2.88. The van der Waals surface area contributed by atoms with Crippen LogP contribution in [0.3, 0.4) is 0 Å². The van der Waals surface area contributed by atoms with Gasteiger partial charge in [-0.25, -0.2) is 22.0 Å². The lowest BCUT2D eigenvalue weighted by atomic mass is 10.2. The van der Waals surface area contributed by atoms with Crippen molar-refractivity contribution in [2.75, 3.05) is 11.9 Å². The number of hydrogen-bond acceptors (Lipinski definition) is 3. The Morgan fingerprint density at radius 3 is 2.00 bits per heavy atom. The summed E-state index contributed by atoms with van der Waals surface area (Å²) in [5.41, 5.74) is -1.41. The second-order valence-electron chi connectivity index (χ2n) is 4.28. The van der Waals surface area contributed by atoms with E-state index in [2.05, 4.69) is 5.32 Å². The summed E-state index contributed by atoms with van der Waals surface area (Å²) in [6.45, 7) is 0.0925. The number of amides is 1. The van der Waals surface area contributed by atoms with Crippen molar-refractivity contribution in [2.45, 2.75) is 18.6 Å². The molecule has 1 aliphatic heterocycles. The zero-order valence-corrected chi connectivity index (χ0v) is 9.81. The predicted molar refractivity (Wildman–Crippen MR) is 57.3 cm³/mol. The van der Waals surface area contributed by atoms with Gasteiger partial charge in [-0.3, -0.25) is 4.79 Å². The molecule has 110 valence electrons. The molecule has 1 heterocycles. The first kappa shape index (κ1) is 14.7. The van der Waals surface area contributed by atoms with Gasteiger partial charge in [-0.05, 0) is 6.42 Å². The highest BCUT2D eigenvalue weighted by Gasteiger charge is 2.31. The zero-order valence-electron chi connectivity index (χ0n) is 9.81. The summed E-state index contributed by atoms with van der Waals surface area (Å²) in [5.74, 6) is -11.8. The minimum absolute atomic E-state index is 0.0266. The Balaban J connectivity index is 2.28. The topological polar surface area (TPSA) is 61.4 Å². The summed E-state index contributed by atoms with van der Waals surface area (Å²) in [6, 6.07) is -0.972. The number of β-amino-alcohol motifs (C(OH)–C–C–N with tert-alkyl or cyclic N) is 1. The molecule has 9 heteroatoms. The molecule has 0 bridgehead atoms. The summed E-state index contributed by atoms with van der Waals surface area (Å²) in [6.07, 6.45) is -0.844. The number of anilines is 1. The number of hydrogen-bond donors (Lipinski definition) is 3. The number of benzene rings is 1. The maximum atomic E-state index is 13.3. The van der Waals surface area contributed by atoms with Crippen molar-refractivity contribution in [2.24, 2.45) is 0 Å². The van der Waals surface area contributed by atoms with Crippen LogP contribution in [0, 0.1) is 29.1 Å². The van der Waals surface area contributed by atoms with E-state index in [9.17, 15) is 31.9 Å². The van der Waals surface area contributed by atoms with Gasteiger partial charge in [-0.2, -0.15) is 0 Å². The van der Waals surface area contributed by atoms with Crippen LogP contribution in [0.4, 0.5) is 27.6 Å². The van der Waals surface area contributed by atoms with Gasteiger partial charge in [0, 0.05) is 6.54 Å². The van der Waals surface area contributed by atoms with Gasteiger partial charge in [0.15, 0.2) is 23.3 Å². The molecule has 0 unspecified atom stereocenters. The monoisotopic (exact) mass is 296 g/mol. The molecule has 0 spiro atoms. The van der Waals surface area contributed by atoms with Gasteiger partial charge in [0.05, 0.1) is 12.1 Å². The normalized spacial score (nSPS) is 22.1. The van der Waals surface area contributed by atoms with Gasteiger partial charge in [0.1, 0.15) is 5.69 Å². The molecule has 0 radical (unpaired) electrons. The van der Waals surface area contributed by atoms with Gasteiger partial charge in [-0.1, -0.05) is 0 Å². The lowest BCUT2D eigenvalue weighted by Crippen LogP contribution is -2.36. The van der Waals surface area contributed by atoms with Crippen molar-refractivity contribution in [1.29, 1.82) is 0 Å². The largest absolute Gasteiger partial charge is 0.392 e. The molecule has 2 atom stereocenters. The Morgan fingerprint density at radius 1 is 1.05 bits per heavy atom. The first-order valence-electron chi connectivity index (χ1n) is 5.56. The van der Waals surface area contributed by atoms with E-state index >= 15 is 0 Å². The van der Waals surface area contributed by atoms with Gasteiger partial charge in [-0.15, -0.1) is 0 Å². The number of carbonyl (C=O) groups excluding carboxylic acids is 1. The van der Waals surface area contributed by atoms with Crippen molar-refractivity contribution >= 4 is 11.6 Å². The second-order valence-corrected chi connectivity index (χ2v) is 4.28. The van der Waals surface area contributed by atoms with E-state index in [4.69, 9.17) is 0 Å². The Kier molecular flexibility index (Phi) is 3.91. The van der Waals surface area contributed by atoms with E-state index in [1.54, 1.807) is 5.32 Å². The molecular formula is C11H9F5N2O2. The molecule has 0 aromatic heterocycles. The first-order valence-corrected chi connectivity index (χ1v) is 5.56. The van der Waals surface area contributed by atoms with Gasteiger partial charge in [0.2, 0.25) is 11.7 Å². The van der Waals surface area contributed by atoms with E-state index in [1.807, 2.05) is 0 Å². The van der Waals surface area contributed by atoms with Crippen molar-refractivity contribution in [1.82, 2.24) is 5.32 Å². The molecule has 1 saturated heterocycles. The maximum Gasteiger partial charge on any atom is 0.241 e. The van der Waals surface area contributed by atoms with Crippen molar-refractivity contribution < 1.29 is 31.9 Å². The number of halogens is 5. The highest BCUT2D eigenvalue weighted by atomic mass is 19.2. The third kappa shape index (κ3) is 2.46. The SMILES string of the molecule is O=C(Nc1c(F)c(F)c(F)c(F)c1F)[C@@H]1C[C@@H](O)CN1. The first-order chi connectivity index (χ1) is 9.32. The fraction of sp³-hybridized carbons (Fsp3) is 0.364. The highest BCUT2D eigenvalue weighted by molar-refractivity contribution is 5.95. The van der Waals surface area contributed by atoms with E-state index in [1.165, 1.54) is 0 Å². The maximum absolute atomic E-state index is 13.3. The average Bonchev–Trinajstić information content (AvgIpc) is 2.85. The summed E-state index contributed by atoms with van der Waals surface area (Å²) in [4.78, 5) is 11.6. The molecule has 1 fully saturated rings. The minimum atomic E-state index is -2.30. The lowest BCUT2D eigenvalue weighted by molar-refractivity contribution is -0.118. The average molecular weight is 296 g/mol. The highest BCUT2D eigenvalue weighted by Crippen LogP contribution is 2.27.